The summed E-state index contributed by atoms with van der Waals surface area (Å²) in [5, 5.41) is 8.76. The topological polar surface area (TPSA) is 37.3 Å². The second-order valence-electron chi connectivity index (χ2n) is 3.08. The molecule has 2 nitrogen and oxygen atoms in total. The van der Waals surface area contributed by atoms with Crippen molar-refractivity contribution < 1.29 is 14.3 Å². The van der Waals surface area contributed by atoms with Crippen molar-refractivity contribution in [1.29, 1.82) is 0 Å². The lowest BCUT2D eigenvalue weighted by molar-refractivity contribution is -0.135. The molecule has 1 N–H and O–H groups in total. The van der Waals surface area contributed by atoms with Crippen LogP contribution in [0.15, 0.2) is 24.3 Å². The van der Waals surface area contributed by atoms with Gasteiger partial charge in [-0.1, -0.05) is 23.7 Å². The first-order valence-corrected chi connectivity index (χ1v) is 4.73. The second-order valence-corrected chi connectivity index (χ2v) is 3.49. The molecular formula is C11H10ClFO2. The first-order valence-electron chi connectivity index (χ1n) is 4.35. The fraction of sp³-hybridized carbons (Fsp3) is 0.182. The Morgan fingerprint density at radius 3 is 2.80 bits per heavy atom. The molecule has 0 radical (unpaired) electrons. The SMILES string of the molecule is C/C(=C\CC(=O)O)c1c(F)cccc1Cl. The molecule has 80 valence electrons. The number of carbonyl (C=O) groups is 1. The Labute approximate surface area is 92.0 Å². The van der Waals surface area contributed by atoms with Gasteiger partial charge in [-0.2, -0.15) is 0 Å². The summed E-state index contributed by atoms with van der Waals surface area (Å²) in [5.74, 6) is -1.40. The summed E-state index contributed by atoms with van der Waals surface area (Å²) < 4.78 is 13.4. The summed E-state index contributed by atoms with van der Waals surface area (Å²) in [7, 11) is 0. The van der Waals surface area contributed by atoms with Crippen molar-refractivity contribution in [2.24, 2.45) is 0 Å². The van der Waals surface area contributed by atoms with Crippen LogP contribution in [0.4, 0.5) is 4.39 Å². The Morgan fingerprint density at radius 2 is 2.27 bits per heavy atom. The highest BCUT2D eigenvalue weighted by atomic mass is 35.5. The highest BCUT2D eigenvalue weighted by Crippen LogP contribution is 2.26. The molecule has 0 heterocycles. The predicted molar refractivity (Wildman–Crippen MR) is 57.3 cm³/mol. The third-order valence-corrected chi connectivity index (χ3v) is 2.25. The molecule has 1 aromatic carbocycles. The summed E-state index contributed by atoms with van der Waals surface area (Å²) in [5.41, 5.74) is 0.793. The van der Waals surface area contributed by atoms with Gasteiger partial charge in [0, 0.05) is 5.56 Å². The van der Waals surface area contributed by atoms with Gasteiger partial charge in [-0.15, -0.1) is 0 Å². The molecule has 0 aliphatic heterocycles. The molecule has 0 saturated heterocycles. The molecule has 0 bridgehead atoms. The maximum Gasteiger partial charge on any atom is 0.307 e. The Kier molecular flexibility index (Phi) is 3.86. The number of rotatable bonds is 3. The zero-order chi connectivity index (χ0) is 11.4. The fourth-order valence-electron chi connectivity index (χ4n) is 1.22. The van der Waals surface area contributed by atoms with Gasteiger partial charge in [0.1, 0.15) is 5.82 Å². The Balaban J connectivity index is 3.05. The average molecular weight is 229 g/mol. The first kappa shape index (κ1) is 11.7. The third-order valence-electron chi connectivity index (χ3n) is 1.94. The lowest BCUT2D eigenvalue weighted by Gasteiger charge is -2.05. The van der Waals surface area contributed by atoms with E-state index >= 15 is 0 Å². The molecule has 0 atom stereocenters. The molecule has 0 spiro atoms. The van der Waals surface area contributed by atoms with E-state index in [0.29, 0.717) is 5.57 Å². The van der Waals surface area contributed by atoms with E-state index in [1.165, 1.54) is 18.2 Å². The van der Waals surface area contributed by atoms with Gasteiger partial charge in [-0.3, -0.25) is 4.79 Å². The summed E-state index contributed by atoms with van der Waals surface area (Å²) in [4.78, 5) is 10.3. The van der Waals surface area contributed by atoms with Crippen molar-refractivity contribution in [2.75, 3.05) is 0 Å². The van der Waals surface area contributed by atoms with Crippen molar-refractivity contribution in [1.82, 2.24) is 0 Å². The van der Waals surface area contributed by atoms with E-state index < -0.39 is 11.8 Å². The zero-order valence-electron chi connectivity index (χ0n) is 8.13. The van der Waals surface area contributed by atoms with E-state index in [4.69, 9.17) is 16.7 Å². The number of halogens is 2. The number of hydrogen-bond donors (Lipinski definition) is 1. The minimum absolute atomic E-state index is 0.142. The van der Waals surface area contributed by atoms with E-state index in [0.717, 1.165) is 0 Å². The standard InChI is InChI=1S/C11H10ClFO2/c1-7(5-6-10(14)15)11-8(12)3-2-4-9(11)13/h2-5H,6H2,1H3,(H,14,15)/b7-5+. The highest BCUT2D eigenvalue weighted by molar-refractivity contribution is 6.32. The molecule has 0 aliphatic rings. The van der Waals surface area contributed by atoms with Gasteiger partial charge in [-0.25, -0.2) is 4.39 Å². The van der Waals surface area contributed by atoms with Crippen LogP contribution in [-0.4, -0.2) is 11.1 Å². The number of allylic oxidation sites excluding steroid dienone is 1. The number of carboxylic acid groups (broad SMARTS) is 1. The predicted octanol–water partition coefficient (Wildman–Crippen LogP) is 3.36. The van der Waals surface area contributed by atoms with Crippen LogP contribution in [-0.2, 0) is 4.79 Å². The zero-order valence-corrected chi connectivity index (χ0v) is 8.88. The first-order chi connectivity index (χ1) is 7.02. The van der Waals surface area contributed by atoms with Gasteiger partial charge in [-0.05, 0) is 24.6 Å². The van der Waals surface area contributed by atoms with Crippen LogP contribution >= 0.6 is 11.6 Å². The van der Waals surface area contributed by atoms with Crippen LogP contribution in [0.5, 0.6) is 0 Å². The number of benzene rings is 1. The van der Waals surface area contributed by atoms with Crippen LogP contribution in [0.2, 0.25) is 5.02 Å². The van der Waals surface area contributed by atoms with Crippen LogP contribution in [0.25, 0.3) is 5.57 Å². The molecule has 0 aliphatic carbocycles. The lowest BCUT2D eigenvalue weighted by atomic mass is 10.1. The van der Waals surface area contributed by atoms with Gasteiger partial charge in [0.25, 0.3) is 0 Å². The quantitative estimate of drug-likeness (QED) is 0.861. The number of carboxylic acids is 1. The molecule has 4 heteroatoms. The Morgan fingerprint density at radius 1 is 1.60 bits per heavy atom. The molecule has 15 heavy (non-hydrogen) atoms. The van der Waals surface area contributed by atoms with Crippen LogP contribution in [0, 0.1) is 5.82 Å². The smallest absolute Gasteiger partial charge is 0.307 e. The van der Waals surface area contributed by atoms with Gasteiger partial charge < -0.3 is 5.11 Å². The van der Waals surface area contributed by atoms with E-state index in [-0.39, 0.29) is 17.0 Å². The minimum atomic E-state index is -0.957. The number of hydrogen-bond acceptors (Lipinski definition) is 1. The monoisotopic (exact) mass is 228 g/mol. The normalized spacial score (nSPS) is 11.5. The minimum Gasteiger partial charge on any atom is -0.481 e. The fourth-order valence-corrected chi connectivity index (χ4v) is 1.53. The van der Waals surface area contributed by atoms with E-state index in [1.807, 2.05) is 0 Å². The lowest BCUT2D eigenvalue weighted by Crippen LogP contribution is -1.93. The van der Waals surface area contributed by atoms with Crippen molar-refractivity contribution in [3.05, 3.63) is 40.7 Å². The largest absolute Gasteiger partial charge is 0.481 e. The maximum absolute atomic E-state index is 13.4. The highest BCUT2D eigenvalue weighted by Gasteiger charge is 2.08. The summed E-state index contributed by atoms with van der Waals surface area (Å²) in [6, 6.07) is 4.36. The van der Waals surface area contributed by atoms with Crippen molar-refractivity contribution in [3.8, 4) is 0 Å². The molecule has 0 aromatic heterocycles. The van der Waals surface area contributed by atoms with Gasteiger partial charge in [0.2, 0.25) is 0 Å². The second kappa shape index (κ2) is 4.94. The van der Waals surface area contributed by atoms with Crippen molar-refractivity contribution in [3.63, 3.8) is 0 Å². The summed E-state index contributed by atoms with van der Waals surface area (Å²) >= 11 is 5.81. The molecule has 0 amide bonds. The van der Waals surface area contributed by atoms with Gasteiger partial charge in [0.15, 0.2) is 0 Å². The Bertz CT molecular complexity index is 393. The maximum atomic E-state index is 13.4. The summed E-state index contributed by atoms with van der Waals surface area (Å²) in [6.07, 6.45) is 1.29. The van der Waals surface area contributed by atoms with Gasteiger partial charge in [0.05, 0.1) is 11.4 Å². The van der Waals surface area contributed by atoms with E-state index in [2.05, 4.69) is 0 Å². The van der Waals surface area contributed by atoms with Crippen molar-refractivity contribution in [2.45, 2.75) is 13.3 Å². The van der Waals surface area contributed by atoms with Gasteiger partial charge >= 0.3 is 5.97 Å². The third kappa shape index (κ3) is 3.06. The van der Waals surface area contributed by atoms with E-state index in [1.54, 1.807) is 13.0 Å². The van der Waals surface area contributed by atoms with E-state index in [9.17, 15) is 9.18 Å². The molecule has 0 unspecified atom stereocenters. The molecule has 1 aromatic rings. The average Bonchev–Trinajstić information content (AvgIpc) is 2.14. The van der Waals surface area contributed by atoms with Crippen LogP contribution in [0.3, 0.4) is 0 Å². The van der Waals surface area contributed by atoms with Crippen molar-refractivity contribution >= 4 is 23.1 Å². The molecule has 0 fully saturated rings. The Hall–Kier alpha value is -1.35. The molecule has 1 rings (SSSR count). The van der Waals surface area contributed by atoms with Crippen LogP contribution < -0.4 is 0 Å². The summed E-state index contributed by atoms with van der Waals surface area (Å²) in [6.45, 7) is 1.63. The number of aliphatic carboxylic acids is 1. The van der Waals surface area contributed by atoms with Crippen LogP contribution in [0.1, 0.15) is 18.9 Å². The molecular weight excluding hydrogens is 219 g/mol. The molecule has 0 saturated carbocycles.